The maximum atomic E-state index is 13.6. The smallest absolute Gasteiger partial charge is 0.325 e. The van der Waals surface area contributed by atoms with E-state index >= 15 is 0 Å². The zero-order valence-electron chi connectivity index (χ0n) is 10.8. The first-order valence-electron chi connectivity index (χ1n) is 5.89. The van der Waals surface area contributed by atoms with E-state index < -0.39 is 17.7 Å². The van der Waals surface area contributed by atoms with Crippen molar-refractivity contribution in [3.8, 4) is 0 Å². The van der Waals surface area contributed by atoms with Crippen LogP contribution in [0.3, 0.4) is 0 Å². The normalized spacial score (nSPS) is 10.1. The SMILES string of the molecule is CCOC(=O)CN(CC)C(=O)c1ccc(Cl)cc1F. The molecule has 4 nitrogen and oxygen atoms in total. The Morgan fingerprint density at radius 3 is 2.58 bits per heavy atom. The first-order valence-corrected chi connectivity index (χ1v) is 6.27. The van der Waals surface area contributed by atoms with E-state index in [1.165, 1.54) is 17.0 Å². The molecule has 1 amide bonds. The number of carbonyl (C=O) groups excluding carboxylic acids is 2. The minimum absolute atomic E-state index is 0.115. The van der Waals surface area contributed by atoms with Gasteiger partial charge in [0.2, 0.25) is 0 Å². The molecule has 0 spiro atoms. The van der Waals surface area contributed by atoms with Crippen molar-refractivity contribution >= 4 is 23.5 Å². The summed E-state index contributed by atoms with van der Waals surface area (Å²) in [6.07, 6.45) is 0. The number of carbonyl (C=O) groups is 2. The second-order valence-electron chi connectivity index (χ2n) is 3.75. The highest BCUT2D eigenvalue weighted by Crippen LogP contribution is 2.16. The average molecular weight is 288 g/mol. The van der Waals surface area contributed by atoms with E-state index in [1.54, 1.807) is 13.8 Å². The van der Waals surface area contributed by atoms with Crippen LogP contribution < -0.4 is 0 Å². The van der Waals surface area contributed by atoms with Gasteiger partial charge in [-0.1, -0.05) is 11.6 Å². The lowest BCUT2D eigenvalue weighted by atomic mass is 10.2. The topological polar surface area (TPSA) is 46.6 Å². The van der Waals surface area contributed by atoms with Gasteiger partial charge >= 0.3 is 5.97 Å². The molecule has 1 rings (SSSR count). The molecule has 0 saturated carbocycles. The number of hydrogen-bond acceptors (Lipinski definition) is 3. The summed E-state index contributed by atoms with van der Waals surface area (Å²) in [6, 6.07) is 3.79. The molecule has 0 atom stereocenters. The molecule has 0 aliphatic carbocycles. The Morgan fingerprint density at radius 2 is 2.05 bits per heavy atom. The Labute approximate surface area is 116 Å². The Hall–Kier alpha value is -1.62. The number of likely N-dealkylation sites (N-methyl/N-ethyl adjacent to an activating group) is 1. The van der Waals surface area contributed by atoms with Crippen molar-refractivity contribution in [2.24, 2.45) is 0 Å². The van der Waals surface area contributed by atoms with Crippen molar-refractivity contribution in [3.63, 3.8) is 0 Å². The van der Waals surface area contributed by atoms with E-state index in [1.807, 2.05) is 0 Å². The van der Waals surface area contributed by atoms with E-state index in [0.29, 0.717) is 0 Å². The summed E-state index contributed by atoms with van der Waals surface area (Å²) in [7, 11) is 0. The maximum absolute atomic E-state index is 13.6. The Kier molecular flexibility index (Phi) is 5.76. The maximum Gasteiger partial charge on any atom is 0.325 e. The molecule has 0 radical (unpaired) electrons. The first kappa shape index (κ1) is 15.4. The fraction of sp³-hybridized carbons (Fsp3) is 0.385. The molecule has 0 fully saturated rings. The van der Waals surface area contributed by atoms with Gasteiger partial charge in [-0.25, -0.2) is 4.39 Å². The minimum Gasteiger partial charge on any atom is -0.465 e. The van der Waals surface area contributed by atoms with Crippen LogP contribution in [-0.2, 0) is 9.53 Å². The summed E-state index contributed by atoms with van der Waals surface area (Å²) in [6.45, 7) is 3.69. The standard InChI is InChI=1S/C13H15ClFNO3/c1-3-16(8-12(17)19-4-2)13(18)10-6-5-9(14)7-11(10)15/h5-7H,3-4,8H2,1-2H3. The van der Waals surface area contributed by atoms with E-state index in [4.69, 9.17) is 16.3 Å². The predicted molar refractivity (Wildman–Crippen MR) is 69.6 cm³/mol. The van der Waals surface area contributed by atoms with Gasteiger partial charge in [0.05, 0.1) is 12.2 Å². The fourth-order valence-corrected chi connectivity index (χ4v) is 1.68. The van der Waals surface area contributed by atoms with E-state index in [2.05, 4.69) is 0 Å². The van der Waals surface area contributed by atoms with Crippen LogP contribution in [0.5, 0.6) is 0 Å². The molecule has 0 unspecified atom stereocenters. The molecule has 0 N–H and O–H groups in total. The van der Waals surface area contributed by atoms with E-state index in [0.717, 1.165) is 6.07 Å². The van der Waals surface area contributed by atoms with Gasteiger partial charge in [0, 0.05) is 11.6 Å². The predicted octanol–water partition coefficient (Wildman–Crippen LogP) is 2.50. The molecule has 6 heteroatoms. The number of nitrogens with zero attached hydrogens (tertiary/aromatic N) is 1. The molecule has 1 aromatic carbocycles. The minimum atomic E-state index is -0.709. The average Bonchev–Trinajstić information content (AvgIpc) is 2.35. The van der Waals surface area contributed by atoms with E-state index in [9.17, 15) is 14.0 Å². The van der Waals surface area contributed by atoms with Crippen molar-refractivity contribution in [1.82, 2.24) is 4.90 Å². The highest BCUT2D eigenvalue weighted by Gasteiger charge is 2.20. The zero-order valence-corrected chi connectivity index (χ0v) is 11.5. The largest absolute Gasteiger partial charge is 0.465 e. The molecule has 0 aliphatic heterocycles. The van der Waals surface area contributed by atoms with Crippen molar-refractivity contribution < 1.29 is 18.7 Å². The molecule has 19 heavy (non-hydrogen) atoms. The summed E-state index contributed by atoms with van der Waals surface area (Å²) >= 11 is 5.62. The summed E-state index contributed by atoms with van der Waals surface area (Å²) in [5, 5.41) is 0.211. The summed E-state index contributed by atoms with van der Waals surface area (Å²) in [5.41, 5.74) is -0.115. The molecule has 0 aromatic heterocycles. The van der Waals surface area contributed by atoms with Gasteiger partial charge in [-0.05, 0) is 32.0 Å². The molecular weight excluding hydrogens is 273 g/mol. The number of halogens is 2. The fourth-order valence-electron chi connectivity index (χ4n) is 1.52. The van der Waals surface area contributed by atoms with Gasteiger partial charge in [-0.2, -0.15) is 0 Å². The molecule has 104 valence electrons. The summed E-state index contributed by atoms with van der Waals surface area (Å²) in [4.78, 5) is 24.7. The van der Waals surface area contributed by atoms with Crippen LogP contribution in [0, 0.1) is 5.82 Å². The number of hydrogen-bond donors (Lipinski definition) is 0. The lowest BCUT2D eigenvalue weighted by Gasteiger charge is -2.20. The van der Waals surface area contributed by atoms with Crippen LogP contribution in [0.4, 0.5) is 4.39 Å². The summed E-state index contributed by atoms with van der Waals surface area (Å²) < 4.78 is 18.4. The third-order valence-electron chi connectivity index (χ3n) is 2.46. The van der Waals surface area contributed by atoms with Gasteiger partial charge < -0.3 is 9.64 Å². The van der Waals surface area contributed by atoms with Crippen LogP contribution in [0.2, 0.25) is 5.02 Å². The van der Waals surface area contributed by atoms with Gasteiger partial charge in [0.1, 0.15) is 12.4 Å². The van der Waals surface area contributed by atoms with Crippen molar-refractivity contribution in [2.45, 2.75) is 13.8 Å². The van der Waals surface area contributed by atoms with Crippen LogP contribution in [0.15, 0.2) is 18.2 Å². The van der Waals surface area contributed by atoms with Gasteiger partial charge in [-0.3, -0.25) is 9.59 Å². The van der Waals surface area contributed by atoms with Crippen molar-refractivity contribution in [1.29, 1.82) is 0 Å². The lowest BCUT2D eigenvalue weighted by Crippen LogP contribution is -2.36. The van der Waals surface area contributed by atoms with Crippen LogP contribution >= 0.6 is 11.6 Å². The highest BCUT2D eigenvalue weighted by molar-refractivity contribution is 6.30. The monoisotopic (exact) mass is 287 g/mol. The van der Waals surface area contributed by atoms with Crippen LogP contribution in [-0.4, -0.2) is 36.5 Å². The van der Waals surface area contributed by atoms with Crippen molar-refractivity contribution in [2.75, 3.05) is 19.7 Å². The van der Waals surface area contributed by atoms with Gasteiger partial charge in [0.25, 0.3) is 5.91 Å². The quantitative estimate of drug-likeness (QED) is 0.782. The number of benzene rings is 1. The Morgan fingerprint density at radius 1 is 1.37 bits per heavy atom. The first-order chi connectivity index (χ1) is 8.99. The third-order valence-corrected chi connectivity index (χ3v) is 2.69. The highest BCUT2D eigenvalue weighted by atomic mass is 35.5. The second kappa shape index (κ2) is 7.09. The molecule has 0 aliphatic rings. The van der Waals surface area contributed by atoms with Crippen LogP contribution in [0.25, 0.3) is 0 Å². The Bertz CT molecular complexity index is 479. The molecule has 1 aromatic rings. The van der Waals surface area contributed by atoms with Crippen molar-refractivity contribution in [3.05, 3.63) is 34.6 Å². The lowest BCUT2D eigenvalue weighted by molar-refractivity contribution is -0.143. The number of ether oxygens (including phenoxy) is 1. The number of amides is 1. The molecule has 0 saturated heterocycles. The molecule has 0 heterocycles. The molecule has 0 bridgehead atoms. The van der Waals surface area contributed by atoms with Gasteiger partial charge in [0.15, 0.2) is 0 Å². The third kappa shape index (κ3) is 4.21. The number of esters is 1. The van der Waals surface area contributed by atoms with E-state index in [-0.39, 0.29) is 30.3 Å². The van der Waals surface area contributed by atoms with Gasteiger partial charge in [-0.15, -0.1) is 0 Å². The Balaban J connectivity index is 2.86. The second-order valence-corrected chi connectivity index (χ2v) is 4.18. The molecular formula is C13H15ClFNO3. The summed E-state index contributed by atoms with van der Waals surface area (Å²) in [5.74, 6) is -1.79. The number of rotatable bonds is 5. The van der Waals surface area contributed by atoms with Crippen LogP contribution in [0.1, 0.15) is 24.2 Å². The zero-order chi connectivity index (χ0) is 14.4.